The van der Waals surface area contributed by atoms with Crippen molar-refractivity contribution in [3.8, 4) is 0 Å². The van der Waals surface area contributed by atoms with Crippen molar-refractivity contribution in [1.82, 2.24) is 10.2 Å². The molecule has 4 nitrogen and oxygen atoms in total. The number of nitrogens with zero attached hydrogens (tertiary/aromatic N) is 1. The van der Waals surface area contributed by atoms with Gasteiger partial charge in [-0.1, -0.05) is 13.8 Å². The van der Waals surface area contributed by atoms with Gasteiger partial charge in [0.1, 0.15) is 5.76 Å². The lowest BCUT2D eigenvalue weighted by atomic mass is 10.1. The zero-order valence-corrected chi connectivity index (χ0v) is 12.4. The molecule has 0 aliphatic heterocycles. The molecule has 110 valence electrons. The number of rotatable bonds is 10. The maximum absolute atomic E-state index is 9.96. The summed E-state index contributed by atoms with van der Waals surface area (Å²) in [5.41, 5.74) is 0. The maximum atomic E-state index is 9.96. The molecular formula is C15H28N2O2. The van der Waals surface area contributed by atoms with Crippen LogP contribution in [-0.4, -0.2) is 48.3 Å². The minimum atomic E-state index is -0.300. The van der Waals surface area contributed by atoms with Crippen LogP contribution in [0.2, 0.25) is 0 Å². The molecule has 0 fully saturated rings. The summed E-state index contributed by atoms with van der Waals surface area (Å²) >= 11 is 0. The summed E-state index contributed by atoms with van der Waals surface area (Å²) in [5, 5.41) is 13.3. The van der Waals surface area contributed by atoms with Crippen LogP contribution in [0, 0.1) is 0 Å². The van der Waals surface area contributed by atoms with E-state index in [1.165, 1.54) is 0 Å². The fraction of sp³-hybridized carbons (Fsp3) is 0.733. The summed E-state index contributed by atoms with van der Waals surface area (Å²) < 4.78 is 5.31. The van der Waals surface area contributed by atoms with E-state index in [9.17, 15) is 5.11 Å². The highest BCUT2D eigenvalue weighted by atomic mass is 16.3. The van der Waals surface area contributed by atoms with E-state index < -0.39 is 0 Å². The first kappa shape index (κ1) is 16.2. The molecule has 0 aliphatic rings. The van der Waals surface area contributed by atoms with Crippen molar-refractivity contribution in [1.29, 1.82) is 0 Å². The highest BCUT2D eigenvalue weighted by Crippen LogP contribution is 2.05. The maximum Gasteiger partial charge on any atom is 0.103 e. The predicted molar refractivity (Wildman–Crippen MR) is 78.3 cm³/mol. The number of aliphatic hydroxyl groups excluding tert-OH is 1. The van der Waals surface area contributed by atoms with Crippen molar-refractivity contribution >= 4 is 0 Å². The molecule has 1 aromatic heterocycles. The van der Waals surface area contributed by atoms with Crippen LogP contribution in [0.5, 0.6) is 0 Å². The van der Waals surface area contributed by atoms with Gasteiger partial charge in [0.15, 0.2) is 0 Å². The fourth-order valence-corrected chi connectivity index (χ4v) is 2.10. The van der Waals surface area contributed by atoms with Crippen molar-refractivity contribution < 1.29 is 9.52 Å². The zero-order chi connectivity index (χ0) is 14.1. The zero-order valence-electron chi connectivity index (χ0n) is 12.4. The van der Waals surface area contributed by atoms with Crippen LogP contribution in [-0.2, 0) is 6.42 Å². The Hall–Kier alpha value is -0.840. The van der Waals surface area contributed by atoms with Gasteiger partial charge in [-0.25, -0.2) is 0 Å². The molecule has 0 aliphatic carbocycles. The van der Waals surface area contributed by atoms with E-state index in [-0.39, 0.29) is 6.10 Å². The van der Waals surface area contributed by atoms with Gasteiger partial charge >= 0.3 is 0 Å². The van der Waals surface area contributed by atoms with Gasteiger partial charge in [-0.15, -0.1) is 0 Å². The number of nitrogens with one attached hydrogen (secondary N) is 1. The summed E-state index contributed by atoms with van der Waals surface area (Å²) in [4.78, 5) is 2.24. The molecule has 0 aromatic carbocycles. The van der Waals surface area contributed by atoms with E-state index in [1.54, 1.807) is 6.26 Å². The molecule has 1 aromatic rings. The summed E-state index contributed by atoms with van der Waals surface area (Å²) in [6.45, 7) is 9.75. The van der Waals surface area contributed by atoms with E-state index in [4.69, 9.17) is 4.42 Å². The van der Waals surface area contributed by atoms with Gasteiger partial charge in [-0.05, 0) is 38.6 Å². The largest absolute Gasteiger partial charge is 0.469 e. The highest BCUT2D eigenvalue weighted by Gasteiger charge is 2.10. The number of hydrogen-bond acceptors (Lipinski definition) is 4. The quantitative estimate of drug-likeness (QED) is 0.680. The molecule has 2 N–H and O–H groups in total. The third-order valence-corrected chi connectivity index (χ3v) is 3.47. The first-order chi connectivity index (χ1) is 9.15. The Kier molecular flexibility index (Phi) is 7.79. The molecule has 1 rings (SSSR count). The van der Waals surface area contributed by atoms with Gasteiger partial charge in [0, 0.05) is 25.6 Å². The average Bonchev–Trinajstić information content (AvgIpc) is 2.93. The van der Waals surface area contributed by atoms with Crippen LogP contribution in [0.25, 0.3) is 0 Å². The Bertz CT molecular complexity index is 310. The summed E-state index contributed by atoms with van der Waals surface area (Å²) in [6, 6.07) is 4.31. The molecule has 1 heterocycles. The molecule has 2 unspecified atom stereocenters. The minimum absolute atomic E-state index is 0.300. The number of hydrogen-bond donors (Lipinski definition) is 2. The van der Waals surface area contributed by atoms with Crippen LogP contribution < -0.4 is 5.32 Å². The molecule has 0 saturated carbocycles. The Labute approximate surface area is 116 Å². The molecule has 2 atom stereocenters. The fourth-order valence-electron chi connectivity index (χ4n) is 2.10. The second kappa shape index (κ2) is 9.13. The van der Waals surface area contributed by atoms with Gasteiger partial charge in [0.25, 0.3) is 0 Å². The highest BCUT2D eigenvalue weighted by molar-refractivity contribution is 4.98. The topological polar surface area (TPSA) is 48.6 Å². The van der Waals surface area contributed by atoms with Gasteiger partial charge < -0.3 is 19.7 Å². The third kappa shape index (κ3) is 6.76. The van der Waals surface area contributed by atoms with Crippen LogP contribution in [0.3, 0.4) is 0 Å². The standard InChI is InChI=1S/C15H28N2O2/c1-4-17(5-2)12-14(18)11-16-13(3)8-9-15-7-6-10-19-15/h6-7,10,13-14,16,18H,4-5,8-9,11-12H2,1-3H3. The van der Waals surface area contributed by atoms with Gasteiger partial charge in [0.05, 0.1) is 12.4 Å². The third-order valence-electron chi connectivity index (χ3n) is 3.47. The van der Waals surface area contributed by atoms with E-state index in [0.29, 0.717) is 12.6 Å². The van der Waals surface area contributed by atoms with Crippen LogP contribution >= 0.6 is 0 Å². The van der Waals surface area contributed by atoms with E-state index >= 15 is 0 Å². The van der Waals surface area contributed by atoms with E-state index in [0.717, 1.165) is 38.2 Å². The monoisotopic (exact) mass is 268 g/mol. The molecule has 0 saturated heterocycles. The molecule has 0 bridgehead atoms. The average molecular weight is 268 g/mol. The lowest BCUT2D eigenvalue weighted by Gasteiger charge is -2.23. The summed E-state index contributed by atoms with van der Waals surface area (Å²) in [7, 11) is 0. The first-order valence-electron chi connectivity index (χ1n) is 7.31. The normalized spacial score (nSPS) is 14.8. The molecule has 19 heavy (non-hydrogen) atoms. The number of aryl methyl sites for hydroxylation is 1. The van der Waals surface area contributed by atoms with Crippen molar-refractivity contribution in [2.24, 2.45) is 0 Å². The first-order valence-corrected chi connectivity index (χ1v) is 7.31. The van der Waals surface area contributed by atoms with Crippen LogP contribution in [0.15, 0.2) is 22.8 Å². The Balaban J connectivity index is 2.13. The second-order valence-corrected chi connectivity index (χ2v) is 5.07. The van der Waals surface area contributed by atoms with E-state index in [2.05, 4.69) is 31.0 Å². The summed E-state index contributed by atoms with van der Waals surface area (Å²) in [5.74, 6) is 1.03. The van der Waals surface area contributed by atoms with Crippen molar-refractivity contribution in [3.63, 3.8) is 0 Å². The number of furan rings is 1. The Morgan fingerprint density at radius 1 is 1.37 bits per heavy atom. The molecular weight excluding hydrogens is 240 g/mol. The molecule has 0 spiro atoms. The SMILES string of the molecule is CCN(CC)CC(O)CNC(C)CCc1ccco1. The Morgan fingerprint density at radius 2 is 2.11 bits per heavy atom. The molecule has 0 amide bonds. The van der Waals surface area contributed by atoms with Gasteiger partial charge in [-0.3, -0.25) is 0 Å². The molecule has 0 radical (unpaired) electrons. The van der Waals surface area contributed by atoms with Crippen LogP contribution in [0.4, 0.5) is 0 Å². The van der Waals surface area contributed by atoms with Gasteiger partial charge in [0.2, 0.25) is 0 Å². The number of aliphatic hydroxyl groups is 1. The predicted octanol–water partition coefficient (Wildman–Crippen LogP) is 1.89. The van der Waals surface area contributed by atoms with Gasteiger partial charge in [-0.2, -0.15) is 0 Å². The molecule has 4 heteroatoms. The lowest BCUT2D eigenvalue weighted by Crippen LogP contribution is -2.40. The smallest absolute Gasteiger partial charge is 0.103 e. The lowest BCUT2D eigenvalue weighted by molar-refractivity contribution is 0.114. The van der Waals surface area contributed by atoms with Crippen molar-refractivity contribution in [3.05, 3.63) is 24.2 Å². The second-order valence-electron chi connectivity index (χ2n) is 5.07. The van der Waals surface area contributed by atoms with Crippen LogP contribution in [0.1, 0.15) is 33.0 Å². The van der Waals surface area contributed by atoms with E-state index in [1.807, 2.05) is 12.1 Å². The Morgan fingerprint density at radius 3 is 2.68 bits per heavy atom. The number of likely N-dealkylation sites (N-methyl/N-ethyl adjacent to an activating group) is 1. The minimum Gasteiger partial charge on any atom is -0.469 e. The summed E-state index contributed by atoms with van der Waals surface area (Å²) in [6.07, 6.45) is 3.37. The van der Waals surface area contributed by atoms with Crippen molar-refractivity contribution in [2.75, 3.05) is 26.2 Å². The van der Waals surface area contributed by atoms with Crippen molar-refractivity contribution in [2.45, 2.75) is 45.8 Å².